The van der Waals surface area contributed by atoms with E-state index in [0.717, 1.165) is 17.2 Å². The van der Waals surface area contributed by atoms with Crippen LogP contribution in [-0.2, 0) is 6.42 Å². The number of nitrogens with two attached hydrogens (primary N) is 1. The zero-order valence-corrected chi connectivity index (χ0v) is 11.2. The van der Waals surface area contributed by atoms with Crippen LogP contribution < -0.4 is 10.5 Å². The first-order valence-electron chi connectivity index (χ1n) is 5.69. The van der Waals surface area contributed by atoms with Gasteiger partial charge in [0.1, 0.15) is 5.75 Å². The number of hydrogen-bond donors (Lipinski definition) is 1. The van der Waals surface area contributed by atoms with E-state index in [1.165, 1.54) is 21.6 Å². The Morgan fingerprint density at radius 1 is 1.29 bits per heavy atom. The normalized spacial score (nSPS) is 10.5. The van der Waals surface area contributed by atoms with Crippen LogP contribution in [0, 0.1) is 6.92 Å². The van der Waals surface area contributed by atoms with Gasteiger partial charge in [0.15, 0.2) is 0 Å². The standard InChI is InChI=1S/C14H17NOS/c1-4-10-7-11(5-6-13(10)16-3)12-8-14(15)17-9(12)2/h5-8H,4,15H2,1-3H3. The minimum atomic E-state index is 0.867. The summed E-state index contributed by atoms with van der Waals surface area (Å²) >= 11 is 1.63. The van der Waals surface area contributed by atoms with Crippen molar-refractivity contribution >= 4 is 16.3 Å². The fraction of sp³-hybridized carbons (Fsp3) is 0.286. The third-order valence-electron chi connectivity index (χ3n) is 2.91. The highest BCUT2D eigenvalue weighted by Crippen LogP contribution is 2.34. The predicted octanol–water partition coefficient (Wildman–Crippen LogP) is 3.88. The number of thiophene rings is 1. The maximum Gasteiger partial charge on any atom is 0.122 e. The molecule has 0 amide bonds. The molecule has 0 radical (unpaired) electrons. The molecule has 3 heteroatoms. The molecule has 0 aliphatic rings. The average Bonchev–Trinajstić information content (AvgIpc) is 2.67. The number of aryl methyl sites for hydroxylation is 2. The lowest BCUT2D eigenvalue weighted by atomic mass is 10.0. The first-order chi connectivity index (χ1) is 8.15. The van der Waals surface area contributed by atoms with Crippen molar-refractivity contribution in [2.24, 2.45) is 0 Å². The van der Waals surface area contributed by atoms with Crippen molar-refractivity contribution in [3.63, 3.8) is 0 Å². The van der Waals surface area contributed by atoms with Crippen LogP contribution in [0.4, 0.5) is 5.00 Å². The highest BCUT2D eigenvalue weighted by atomic mass is 32.1. The van der Waals surface area contributed by atoms with E-state index in [9.17, 15) is 0 Å². The van der Waals surface area contributed by atoms with Crippen LogP contribution in [0.3, 0.4) is 0 Å². The van der Waals surface area contributed by atoms with E-state index in [1.54, 1.807) is 18.4 Å². The van der Waals surface area contributed by atoms with Crippen LogP contribution in [0.15, 0.2) is 24.3 Å². The second-order valence-electron chi connectivity index (χ2n) is 4.00. The van der Waals surface area contributed by atoms with Gasteiger partial charge in [0.2, 0.25) is 0 Å². The van der Waals surface area contributed by atoms with Gasteiger partial charge in [0.25, 0.3) is 0 Å². The molecule has 90 valence electrons. The second-order valence-corrected chi connectivity index (χ2v) is 5.29. The van der Waals surface area contributed by atoms with Crippen molar-refractivity contribution in [3.05, 3.63) is 34.7 Å². The van der Waals surface area contributed by atoms with Gasteiger partial charge in [0, 0.05) is 4.88 Å². The van der Waals surface area contributed by atoms with Gasteiger partial charge >= 0.3 is 0 Å². The van der Waals surface area contributed by atoms with Gasteiger partial charge in [-0.05, 0) is 48.2 Å². The number of rotatable bonds is 3. The summed E-state index contributed by atoms with van der Waals surface area (Å²) in [6, 6.07) is 8.35. The molecule has 0 aliphatic carbocycles. The van der Waals surface area contributed by atoms with Crippen LogP contribution in [0.5, 0.6) is 5.75 Å². The Morgan fingerprint density at radius 2 is 2.06 bits per heavy atom. The van der Waals surface area contributed by atoms with Gasteiger partial charge in [-0.2, -0.15) is 0 Å². The Kier molecular flexibility index (Phi) is 3.38. The summed E-state index contributed by atoms with van der Waals surface area (Å²) in [5.74, 6) is 0.956. The summed E-state index contributed by atoms with van der Waals surface area (Å²) < 4.78 is 5.34. The Labute approximate surface area is 106 Å². The molecule has 2 rings (SSSR count). The van der Waals surface area contributed by atoms with E-state index in [2.05, 4.69) is 26.0 Å². The van der Waals surface area contributed by atoms with Crippen molar-refractivity contribution in [2.45, 2.75) is 20.3 Å². The maximum absolute atomic E-state index is 5.84. The SMILES string of the molecule is CCc1cc(-c2cc(N)sc2C)ccc1OC. The van der Waals surface area contributed by atoms with Gasteiger partial charge in [-0.15, -0.1) is 11.3 Å². The fourth-order valence-electron chi connectivity index (χ4n) is 2.01. The molecule has 0 aliphatic heterocycles. The van der Waals surface area contributed by atoms with Crippen LogP contribution in [-0.4, -0.2) is 7.11 Å². The first kappa shape index (κ1) is 12.0. The highest BCUT2D eigenvalue weighted by Gasteiger charge is 2.08. The van der Waals surface area contributed by atoms with Gasteiger partial charge in [-0.3, -0.25) is 0 Å². The lowest BCUT2D eigenvalue weighted by Crippen LogP contribution is -1.91. The third kappa shape index (κ3) is 2.29. The van der Waals surface area contributed by atoms with Gasteiger partial charge in [-0.25, -0.2) is 0 Å². The molecule has 0 spiro atoms. The van der Waals surface area contributed by atoms with Gasteiger partial charge in [-0.1, -0.05) is 13.0 Å². The zero-order chi connectivity index (χ0) is 12.4. The molecule has 1 heterocycles. The molecule has 2 aromatic rings. The highest BCUT2D eigenvalue weighted by molar-refractivity contribution is 7.16. The molecule has 0 saturated heterocycles. The summed E-state index contributed by atoms with van der Waals surface area (Å²) in [5.41, 5.74) is 9.51. The molecule has 0 saturated carbocycles. The molecule has 2 N–H and O–H groups in total. The van der Waals surface area contributed by atoms with Crippen molar-refractivity contribution in [2.75, 3.05) is 12.8 Å². The molecule has 2 nitrogen and oxygen atoms in total. The molecule has 1 aromatic carbocycles. The van der Waals surface area contributed by atoms with Crippen LogP contribution in [0.2, 0.25) is 0 Å². The van der Waals surface area contributed by atoms with Gasteiger partial charge in [0.05, 0.1) is 12.1 Å². The maximum atomic E-state index is 5.84. The van der Waals surface area contributed by atoms with E-state index in [-0.39, 0.29) is 0 Å². The average molecular weight is 247 g/mol. The number of anilines is 1. The van der Waals surface area contributed by atoms with Crippen molar-refractivity contribution in [3.8, 4) is 16.9 Å². The Hall–Kier alpha value is -1.48. The largest absolute Gasteiger partial charge is 0.496 e. The van der Waals surface area contributed by atoms with Crippen molar-refractivity contribution < 1.29 is 4.74 Å². The van der Waals surface area contributed by atoms with Crippen LogP contribution in [0.25, 0.3) is 11.1 Å². The first-order valence-corrected chi connectivity index (χ1v) is 6.50. The molecule has 0 atom stereocenters. The molecule has 0 fully saturated rings. The molecule has 17 heavy (non-hydrogen) atoms. The number of methoxy groups -OCH3 is 1. The Balaban J connectivity index is 2.50. The second kappa shape index (κ2) is 4.80. The van der Waals surface area contributed by atoms with Gasteiger partial charge < -0.3 is 10.5 Å². The third-order valence-corrected chi connectivity index (χ3v) is 3.79. The van der Waals surface area contributed by atoms with E-state index in [1.807, 2.05) is 12.1 Å². The minimum absolute atomic E-state index is 0.867. The summed E-state index contributed by atoms with van der Waals surface area (Å²) in [5, 5.41) is 0.867. The monoisotopic (exact) mass is 247 g/mol. The van der Waals surface area contributed by atoms with Crippen molar-refractivity contribution in [1.29, 1.82) is 0 Å². The van der Waals surface area contributed by atoms with E-state index in [0.29, 0.717) is 0 Å². The molecular weight excluding hydrogens is 230 g/mol. The lowest BCUT2D eigenvalue weighted by molar-refractivity contribution is 0.410. The molecule has 0 bridgehead atoms. The quantitative estimate of drug-likeness (QED) is 0.893. The molecule has 1 aromatic heterocycles. The summed E-state index contributed by atoms with van der Waals surface area (Å²) in [6.07, 6.45) is 0.968. The fourth-order valence-corrected chi connectivity index (χ4v) is 2.83. The van der Waals surface area contributed by atoms with E-state index < -0.39 is 0 Å². The topological polar surface area (TPSA) is 35.2 Å². The number of ether oxygens (including phenoxy) is 1. The zero-order valence-electron chi connectivity index (χ0n) is 10.4. The molecular formula is C14H17NOS. The van der Waals surface area contributed by atoms with Crippen molar-refractivity contribution in [1.82, 2.24) is 0 Å². The predicted molar refractivity (Wildman–Crippen MR) is 74.8 cm³/mol. The van der Waals surface area contributed by atoms with Crippen LogP contribution >= 0.6 is 11.3 Å². The minimum Gasteiger partial charge on any atom is -0.496 e. The van der Waals surface area contributed by atoms with E-state index >= 15 is 0 Å². The Bertz CT molecular complexity index is 531. The molecule has 0 unspecified atom stereocenters. The smallest absolute Gasteiger partial charge is 0.122 e. The Morgan fingerprint density at radius 3 is 2.59 bits per heavy atom. The summed E-state index contributed by atoms with van der Waals surface area (Å²) in [7, 11) is 1.71. The number of hydrogen-bond acceptors (Lipinski definition) is 3. The number of benzene rings is 1. The summed E-state index contributed by atoms with van der Waals surface area (Å²) in [4.78, 5) is 1.26. The number of nitrogen functional groups attached to an aromatic ring is 1. The summed E-state index contributed by atoms with van der Waals surface area (Å²) in [6.45, 7) is 4.24. The van der Waals surface area contributed by atoms with Crippen LogP contribution in [0.1, 0.15) is 17.4 Å². The van der Waals surface area contributed by atoms with E-state index in [4.69, 9.17) is 10.5 Å². The lowest BCUT2D eigenvalue weighted by Gasteiger charge is -2.09.